The molecule has 1 aromatic carbocycles. The second-order valence-corrected chi connectivity index (χ2v) is 7.18. The van der Waals surface area contributed by atoms with Gasteiger partial charge in [0.05, 0.1) is 15.5 Å². The summed E-state index contributed by atoms with van der Waals surface area (Å²) in [7, 11) is 0. The lowest BCUT2D eigenvalue weighted by Gasteiger charge is -2.55. The quantitative estimate of drug-likeness (QED) is 0.727. The van der Waals surface area contributed by atoms with Gasteiger partial charge in [0.15, 0.2) is 0 Å². The van der Waals surface area contributed by atoms with Crippen molar-refractivity contribution in [3.63, 3.8) is 0 Å². The molecule has 0 saturated heterocycles. The minimum Gasteiger partial charge on any atom is -0.481 e. The van der Waals surface area contributed by atoms with Gasteiger partial charge in [-0.2, -0.15) is 0 Å². The van der Waals surface area contributed by atoms with Gasteiger partial charge in [-0.25, -0.2) is 0 Å². The number of hydrogen-bond donors (Lipinski definition) is 1. The molecule has 0 radical (unpaired) electrons. The Morgan fingerprint density at radius 1 is 1.14 bits per heavy atom. The summed E-state index contributed by atoms with van der Waals surface area (Å²) in [6.45, 7) is 4.33. The van der Waals surface area contributed by atoms with Crippen molar-refractivity contribution in [2.45, 2.75) is 57.8 Å². The fraction of sp³-hybridized carbons (Fsp3) is 0.588. The summed E-state index contributed by atoms with van der Waals surface area (Å²) in [6.07, 6.45) is 5.78. The number of benzene rings is 1. The zero-order valence-electron chi connectivity index (χ0n) is 12.6. The largest absolute Gasteiger partial charge is 0.481 e. The van der Waals surface area contributed by atoms with Crippen LogP contribution in [-0.4, -0.2) is 11.1 Å². The lowest BCUT2D eigenvalue weighted by atomic mass is 9.48. The molecule has 0 aromatic heterocycles. The first-order valence-electron chi connectivity index (χ1n) is 7.58. The monoisotopic (exact) mass is 328 g/mol. The van der Waals surface area contributed by atoms with Crippen molar-refractivity contribution < 1.29 is 9.90 Å². The number of rotatable bonds is 6. The van der Waals surface area contributed by atoms with Crippen molar-refractivity contribution in [1.29, 1.82) is 0 Å². The summed E-state index contributed by atoms with van der Waals surface area (Å²) in [5, 5.41) is 10.7. The van der Waals surface area contributed by atoms with E-state index < -0.39 is 11.4 Å². The molecule has 1 N–H and O–H groups in total. The normalized spacial score (nSPS) is 19.0. The smallest absolute Gasteiger partial charge is 0.314 e. The van der Waals surface area contributed by atoms with Crippen LogP contribution in [0.2, 0.25) is 10.0 Å². The van der Waals surface area contributed by atoms with E-state index in [0.717, 1.165) is 31.2 Å². The van der Waals surface area contributed by atoms with Gasteiger partial charge < -0.3 is 5.11 Å². The lowest BCUT2D eigenvalue weighted by molar-refractivity contribution is -0.155. The zero-order valence-corrected chi connectivity index (χ0v) is 14.1. The number of carboxylic acids is 1. The Bertz CT molecular complexity index is 526. The van der Waals surface area contributed by atoms with Crippen molar-refractivity contribution >= 4 is 29.2 Å². The molecule has 0 spiro atoms. The van der Waals surface area contributed by atoms with E-state index in [1.807, 2.05) is 6.07 Å². The third-order valence-corrected chi connectivity index (χ3v) is 5.53. The molecular weight excluding hydrogens is 307 g/mol. The zero-order chi connectivity index (χ0) is 15.7. The van der Waals surface area contributed by atoms with Gasteiger partial charge in [-0.3, -0.25) is 4.79 Å². The maximum atomic E-state index is 11.9. The maximum absolute atomic E-state index is 11.9. The van der Waals surface area contributed by atoms with E-state index in [2.05, 4.69) is 13.8 Å². The Hall–Kier alpha value is -0.730. The van der Waals surface area contributed by atoms with E-state index in [1.165, 1.54) is 0 Å². The van der Waals surface area contributed by atoms with Crippen molar-refractivity contribution in [2.24, 2.45) is 5.41 Å². The van der Waals surface area contributed by atoms with E-state index in [1.54, 1.807) is 12.1 Å². The molecule has 0 aliphatic heterocycles. The molecule has 2 nitrogen and oxygen atoms in total. The van der Waals surface area contributed by atoms with Crippen molar-refractivity contribution in [2.75, 3.05) is 0 Å². The highest BCUT2D eigenvalue weighted by Crippen LogP contribution is 2.60. The first-order chi connectivity index (χ1) is 9.89. The first kappa shape index (κ1) is 16.6. The maximum Gasteiger partial charge on any atom is 0.314 e. The SMILES string of the molecule is CCCC1(CCC)CC(C(=O)O)(c2ccc(Cl)c(Cl)c2)C1. The summed E-state index contributed by atoms with van der Waals surface area (Å²) >= 11 is 12.0. The van der Waals surface area contributed by atoms with Gasteiger partial charge in [0.1, 0.15) is 0 Å². The van der Waals surface area contributed by atoms with Crippen molar-refractivity contribution in [1.82, 2.24) is 0 Å². The fourth-order valence-electron chi connectivity index (χ4n) is 4.04. The molecule has 116 valence electrons. The Balaban J connectivity index is 2.33. The summed E-state index contributed by atoms with van der Waals surface area (Å²) in [4.78, 5) is 11.9. The molecule has 1 aliphatic rings. The van der Waals surface area contributed by atoms with Gasteiger partial charge in [-0.05, 0) is 48.8 Å². The van der Waals surface area contributed by atoms with Crippen LogP contribution < -0.4 is 0 Å². The molecule has 2 rings (SSSR count). The third-order valence-electron chi connectivity index (χ3n) is 4.80. The highest BCUT2D eigenvalue weighted by Gasteiger charge is 2.58. The topological polar surface area (TPSA) is 37.3 Å². The van der Waals surface area contributed by atoms with Crippen LogP contribution in [0, 0.1) is 5.41 Å². The van der Waals surface area contributed by atoms with Gasteiger partial charge in [0.2, 0.25) is 0 Å². The second-order valence-electron chi connectivity index (χ2n) is 6.37. The highest BCUT2D eigenvalue weighted by atomic mass is 35.5. The molecule has 4 heteroatoms. The van der Waals surface area contributed by atoms with E-state index in [-0.39, 0.29) is 5.41 Å². The molecule has 21 heavy (non-hydrogen) atoms. The molecule has 0 atom stereocenters. The predicted molar refractivity (Wildman–Crippen MR) is 87.3 cm³/mol. The van der Waals surface area contributed by atoms with Gasteiger partial charge in [-0.1, -0.05) is 56.0 Å². The second kappa shape index (κ2) is 6.18. The summed E-state index contributed by atoms with van der Waals surface area (Å²) in [5.74, 6) is -0.747. The van der Waals surface area contributed by atoms with Crippen LogP contribution in [0.1, 0.15) is 57.9 Å². The number of carboxylic acid groups (broad SMARTS) is 1. The molecule has 0 amide bonds. The summed E-state index contributed by atoms with van der Waals surface area (Å²) in [5.41, 5.74) is 0.166. The number of aliphatic carboxylic acids is 1. The minimum absolute atomic E-state index is 0.175. The first-order valence-corrected chi connectivity index (χ1v) is 8.34. The standard InChI is InChI=1S/C17H22Cl2O2/c1-3-7-16(8-4-2)10-17(11-16,15(20)21)12-5-6-13(18)14(19)9-12/h5-6,9H,3-4,7-8,10-11H2,1-2H3,(H,20,21). The minimum atomic E-state index is -0.793. The van der Waals surface area contributed by atoms with Crippen LogP contribution in [0.4, 0.5) is 0 Å². The van der Waals surface area contributed by atoms with Crippen LogP contribution in [-0.2, 0) is 10.2 Å². The van der Waals surface area contributed by atoms with Gasteiger partial charge in [-0.15, -0.1) is 0 Å². The van der Waals surface area contributed by atoms with Crippen LogP contribution >= 0.6 is 23.2 Å². The molecule has 0 unspecified atom stereocenters. The van der Waals surface area contributed by atoms with Crippen LogP contribution in [0.5, 0.6) is 0 Å². The lowest BCUT2D eigenvalue weighted by Crippen LogP contribution is -2.54. The van der Waals surface area contributed by atoms with Crippen molar-refractivity contribution in [3.05, 3.63) is 33.8 Å². The molecule has 0 heterocycles. The van der Waals surface area contributed by atoms with Gasteiger partial charge in [0.25, 0.3) is 0 Å². The van der Waals surface area contributed by atoms with Gasteiger partial charge in [0, 0.05) is 0 Å². The number of halogens is 2. The molecule has 0 bridgehead atoms. The molecule has 1 aliphatic carbocycles. The summed E-state index contributed by atoms with van der Waals surface area (Å²) in [6, 6.07) is 5.23. The number of carbonyl (C=O) groups is 1. The Morgan fingerprint density at radius 2 is 1.71 bits per heavy atom. The molecule has 1 fully saturated rings. The fourth-order valence-corrected chi connectivity index (χ4v) is 4.34. The van der Waals surface area contributed by atoms with Crippen LogP contribution in [0.15, 0.2) is 18.2 Å². The predicted octanol–water partition coefficient (Wildman–Crippen LogP) is 5.70. The van der Waals surface area contributed by atoms with Crippen LogP contribution in [0.25, 0.3) is 0 Å². The molecule has 1 aromatic rings. The van der Waals surface area contributed by atoms with E-state index in [0.29, 0.717) is 22.9 Å². The average molecular weight is 329 g/mol. The van der Waals surface area contributed by atoms with E-state index >= 15 is 0 Å². The van der Waals surface area contributed by atoms with Crippen molar-refractivity contribution in [3.8, 4) is 0 Å². The highest BCUT2D eigenvalue weighted by molar-refractivity contribution is 6.42. The Kier molecular flexibility index (Phi) is 4.89. The van der Waals surface area contributed by atoms with Crippen LogP contribution in [0.3, 0.4) is 0 Å². The Morgan fingerprint density at radius 3 is 2.14 bits per heavy atom. The van der Waals surface area contributed by atoms with E-state index in [9.17, 15) is 9.90 Å². The Labute approximate surface area is 136 Å². The summed E-state index contributed by atoms with van der Waals surface area (Å²) < 4.78 is 0. The number of hydrogen-bond acceptors (Lipinski definition) is 1. The molecule has 1 saturated carbocycles. The van der Waals surface area contributed by atoms with Gasteiger partial charge >= 0.3 is 5.97 Å². The molecular formula is C17H22Cl2O2. The van der Waals surface area contributed by atoms with E-state index in [4.69, 9.17) is 23.2 Å². The third kappa shape index (κ3) is 2.93. The average Bonchev–Trinajstić information content (AvgIpc) is 2.38.